The van der Waals surface area contributed by atoms with E-state index < -0.39 is 4.92 Å². The highest BCUT2D eigenvalue weighted by Gasteiger charge is 2.15. The molecule has 0 amide bonds. The molecule has 0 fully saturated rings. The van der Waals surface area contributed by atoms with E-state index in [1.807, 2.05) is 0 Å². The van der Waals surface area contributed by atoms with Gasteiger partial charge >= 0.3 is 5.69 Å². The van der Waals surface area contributed by atoms with Crippen LogP contribution in [0.25, 0.3) is 0 Å². The third-order valence-corrected chi connectivity index (χ3v) is 2.45. The van der Waals surface area contributed by atoms with E-state index in [0.717, 1.165) is 0 Å². The van der Waals surface area contributed by atoms with Gasteiger partial charge in [-0.15, -0.1) is 0 Å². The molecule has 0 saturated heterocycles. The number of aryl methyl sites for hydroxylation is 1. The standard InChI is InChI=1S/C10H10ClN5O3/c1-6-14-9(15-19-6)2-3-12-10-8(16(17)18)4-7(11)5-13-10/h4-5H,2-3H2,1H3,(H,12,13). The minimum Gasteiger partial charge on any atom is -0.364 e. The van der Waals surface area contributed by atoms with Gasteiger partial charge in [0, 0.05) is 32.2 Å². The molecule has 0 radical (unpaired) electrons. The van der Waals surface area contributed by atoms with Crippen LogP contribution in [-0.4, -0.2) is 26.6 Å². The molecule has 0 spiro atoms. The molecule has 9 heteroatoms. The van der Waals surface area contributed by atoms with Crippen molar-refractivity contribution < 1.29 is 9.45 Å². The molecule has 0 aliphatic carbocycles. The highest BCUT2D eigenvalue weighted by atomic mass is 35.5. The van der Waals surface area contributed by atoms with E-state index in [0.29, 0.717) is 24.7 Å². The van der Waals surface area contributed by atoms with Gasteiger partial charge in [0.25, 0.3) is 0 Å². The van der Waals surface area contributed by atoms with Gasteiger partial charge in [0.05, 0.1) is 9.95 Å². The van der Waals surface area contributed by atoms with Crippen molar-refractivity contribution in [2.45, 2.75) is 13.3 Å². The molecule has 19 heavy (non-hydrogen) atoms. The average Bonchev–Trinajstić information content (AvgIpc) is 2.77. The van der Waals surface area contributed by atoms with Crippen molar-refractivity contribution >= 4 is 23.1 Å². The number of anilines is 1. The molecule has 1 N–H and O–H groups in total. The number of aromatic nitrogens is 3. The zero-order valence-electron chi connectivity index (χ0n) is 9.96. The van der Waals surface area contributed by atoms with Crippen LogP contribution in [0.4, 0.5) is 11.5 Å². The summed E-state index contributed by atoms with van der Waals surface area (Å²) in [5.41, 5.74) is -0.170. The Labute approximate surface area is 112 Å². The van der Waals surface area contributed by atoms with Crippen molar-refractivity contribution in [2.75, 3.05) is 11.9 Å². The summed E-state index contributed by atoms with van der Waals surface area (Å²) in [6.07, 6.45) is 1.81. The van der Waals surface area contributed by atoms with Crippen LogP contribution in [0.15, 0.2) is 16.8 Å². The van der Waals surface area contributed by atoms with Crippen molar-refractivity contribution in [3.05, 3.63) is 39.1 Å². The molecular weight excluding hydrogens is 274 g/mol. The number of pyridine rings is 1. The highest BCUT2D eigenvalue weighted by Crippen LogP contribution is 2.24. The van der Waals surface area contributed by atoms with E-state index >= 15 is 0 Å². The van der Waals surface area contributed by atoms with E-state index in [2.05, 4.69) is 20.4 Å². The van der Waals surface area contributed by atoms with Crippen LogP contribution in [0.5, 0.6) is 0 Å². The van der Waals surface area contributed by atoms with E-state index in [1.54, 1.807) is 6.92 Å². The number of halogens is 1. The summed E-state index contributed by atoms with van der Waals surface area (Å²) in [5.74, 6) is 1.17. The molecule has 0 aromatic carbocycles. The molecule has 0 aliphatic rings. The Bertz CT molecular complexity index is 601. The SMILES string of the molecule is Cc1nc(CCNc2ncc(Cl)cc2[N+](=O)[O-])no1. The molecule has 0 bridgehead atoms. The Morgan fingerprint density at radius 3 is 3.00 bits per heavy atom. The third-order valence-electron chi connectivity index (χ3n) is 2.24. The Hall–Kier alpha value is -2.22. The summed E-state index contributed by atoms with van der Waals surface area (Å²) in [5, 5.41) is 17.6. The Kier molecular flexibility index (Phi) is 3.91. The number of hydrogen-bond acceptors (Lipinski definition) is 7. The maximum absolute atomic E-state index is 10.8. The molecule has 0 unspecified atom stereocenters. The molecule has 0 saturated carbocycles. The molecular formula is C10H10ClN5O3. The monoisotopic (exact) mass is 283 g/mol. The topological polar surface area (TPSA) is 107 Å². The average molecular weight is 284 g/mol. The molecule has 2 rings (SSSR count). The quantitative estimate of drug-likeness (QED) is 0.660. The van der Waals surface area contributed by atoms with Gasteiger partial charge in [-0.25, -0.2) is 4.98 Å². The lowest BCUT2D eigenvalue weighted by Gasteiger charge is -2.04. The first-order valence-corrected chi connectivity index (χ1v) is 5.77. The van der Waals surface area contributed by atoms with Crippen LogP contribution in [0.3, 0.4) is 0 Å². The van der Waals surface area contributed by atoms with Gasteiger partial charge in [-0.05, 0) is 0 Å². The summed E-state index contributed by atoms with van der Waals surface area (Å²) < 4.78 is 4.81. The van der Waals surface area contributed by atoms with E-state index in [1.165, 1.54) is 12.3 Å². The molecule has 2 aromatic rings. The minimum absolute atomic E-state index is 0.162. The fourth-order valence-corrected chi connectivity index (χ4v) is 1.59. The van der Waals surface area contributed by atoms with Gasteiger partial charge in [-0.1, -0.05) is 16.8 Å². The number of rotatable bonds is 5. The fraction of sp³-hybridized carbons (Fsp3) is 0.300. The first-order valence-electron chi connectivity index (χ1n) is 5.39. The smallest absolute Gasteiger partial charge is 0.312 e. The minimum atomic E-state index is -0.542. The summed E-state index contributed by atoms with van der Waals surface area (Å²) in [6.45, 7) is 2.09. The van der Waals surface area contributed by atoms with Crippen LogP contribution >= 0.6 is 11.6 Å². The predicted molar refractivity (Wildman–Crippen MR) is 67.1 cm³/mol. The van der Waals surface area contributed by atoms with Crippen LogP contribution in [-0.2, 0) is 6.42 Å². The lowest BCUT2D eigenvalue weighted by Crippen LogP contribution is -2.09. The molecule has 2 heterocycles. The third kappa shape index (κ3) is 3.38. The lowest BCUT2D eigenvalue weighted by molar-refractivity contribution is -0.384. The first-order chi connectivity index (χ1) is 9.06. The van der Waals surface area contributed by atoms with Gasteiger partial charge < -0.3 is 9.84 Å². The molecule has 8 nitrogen and oxygen atoms in total. The normalized spacial score (nSPS) is 10.4. The molecule has 0 atom stereocenters. The number of nitro groups is 1. The second kappa shape index (κ2) is 5.61. The Balaban J connectivity index is 2.01. The number of nitrogens with one attached hydrogen (secondary N) is 1. The van der Waals surface area contributed by atoms with E-state index in [4.69, 9.17) is 16.1 Å². The van der Waals surface area contributed by atoms with Crippen molar-refractivity contribution in [1.29, 1.82) is 0 Å². The first kappa shape index (κ1) is 13.2. The van der Waals surface area contributed by atoms with Gasteiger partial charge in [-0.2, -0.15) is 4.98 Å². The largest absolute Gasteiger partial charge is 0.364 e. The van der Waals surface area contributed by atoms with Gasteiger partial charge in [-0.3, -0.25) is 10.1 Å². The summed E-state index contributed by atoms with van der Waals surface area (Å²) >= 11 is 5.67. The summed E-state index contributed by atoms with van der Waals surface area (Å²) in [4.78, 5) is 18.2. The highest BCUT2D eigenvalue weighted by molar-refractivity contribution is 6.30. The van der Waals surface area contributed by atoms with Crippen molar-refractivity contribution in [1.82, 2.24) is 15.1 Å². The van der Waals surface area contributed by atoms with Crippen LogP contribution < -0.4 is 5.32 Å². The molecule has 100 valence electrons. The number of hydrogen-bond donors (Lipinski definition) is 1. The van der Waals surface area contributed by atoms with Gasteiger partial charge in [0.2, 0.25) is 11.7 Å². The maximum Gasteiger partial charge on any atom is 0.312 e. The predicted octanol–water partition coefficient (Wildman–Crippen LogP) is 1.99. The van der Waals surface area contributed by atoms with Crippen molar-refractivity contribution in [3.8, 4) is 0 Å². The zero-order valence-corrected chi connectivity index (χ0v) is 10.7. The second-order valence-corrected chi connectivity index (χ2v) is 4.12. The maximum atomic E-state index is 10.8. The van der Waals surface area contributed by atoms with Crippen LogP contribution in [0.2, 0.25) is 5.02 Å². The van der Waals surface area contributed by atoms with Crippen molar-refractivity contribution in [2.24, 2.45) is 0 Å². The summed E-state index contributed by atoms with van der Waals surface area (Å²) in [6, 6.07) is 1.25. The van der Waals surface area contributed by atoms with Crippen LogP contribution in [0, 0.1) is 17.0 Å². The van der Waals surface area contributed by atoms with Gasteiger partial charge in [0.1, 0.15) is 0 Å². The Morgan fingerprint density at radius 1 is 1.58 bits per heavy atom. The molecule has 0 aliphatic heterocycles. The van der Waals surface area contributed by atoms with Crippen LogP contribution in [0.1, 0.15) is 11.7 Å². The van der Waals surface area contributed by atoms with E-state index in [9.17, 15) is 10.1 Å². The van der Waals surface area contributed by atoms with Gasteiger partial charge in [0.15, 0.2) is 5.82 Å². The molecule has 2 aromatic heterocycles. The fourth-order valence-electron chi connectivity index (χ4n) is 1.44. The number of nitrogens with zero attached hydrogens (tertiary/aromatic N) is 4. The second-order valence-electron chi connectivity index (χ2n) is 3.68. The van der Waals surface area contributed by atoms with E-state index in [-0.39, 0.29) is 16.5 Å². The zero-order chi connectivity index (χ0) is 13.8. The Morgan fingerprint density at radius 2 is 2.37 bits per heavy atom. The lowest BCUT2D eigenvalue weighted by atomic mass is 10.3. The van der Waals surface area contributed by atoms with Crippen molar-refractivity contribution in [3.63, 3.8) is 0 Å². The summed E-state index contributed by atoms with van der Waals surface area (Å²) in [7, 11) is 0.